The maximum atomic E-state index is 13.1. The monoisotopic (exact) mass is 366 g/mol. The van der Waals surface area contributed by atoms with Gasteiger partial charge in [-0.15, -0.1) is 0 Å². The first-order valence-electron chi connectivity index (χ1n) is 7.79. The zero-order valence-electron chi connectivity index (χ0n) is 14.0. The van der Waals surface area contributed by atoms with Gasteiger partial charge < -0.3 is 10.3 Å². The van der Waals surface area contributed by atoms with Crippen LogP contribution in [-0.4, -0.2) is 27.0 Å². The fourth-order valence-corrected chi connectivity index (χ4v) is 3.24. The summed E-state index contributed by atoms with van der Waals surface area (Å²) in [6.07, 6.45) is 4.64. The summed E-state index contributed by atoms with van der Waals surface area (Å²) in [7, 11) is 1.63. The molecule has 1 heterocycles. The second kappa shape index (κ2) is 7.55. The average molecular weight is 366 g/mol. The van der Waals surface area contributed by atoms with Crippen molar-refractivity contribution in [2.45, 2.75) is 5.75 Å². The molecular weight excluding hydrogens is 350 g/mol. The third-order valence-electron chi connectivity index (χ3n) is 4.01. The number of nitrogens with zero attached hydrogens (tertiary/aromatic N) is 2. The second-order valence-electron chi connectivity index (χ2n) is 5.70. The number of allylic oxidation sites excluding steroid dienone is 1. The van der Waals surface area contributed by atoms with E-state index in [1.165, 1.54) is 6.20 Å². The van der Waals surface area contributed by atoms with Gasteiger partial charge in [-0.05, 0) is 29.1 Å². The van der Waals surface area contributed by atoms with Crippen LogP contribution in [0.5, 0.6) is 0 Å². The molecule has 0 fully saturated rings. The molecular formula is C19H16N3O3S-. The van der Waals surface area contributed by atoms with Gasteiger partial charge in [0.25, 0.3) is 0 Å². The van der Waals surface area contributed by atoms with Gasteiger partial charge in [0.15, 0.2) is 5.43 Å². The fraction of sp³-hybridized carbons (Fsp3) is 0.105. The predicted molar refractivity (Wildman–Crippen MR) is 105 cm³/mol. The SMILES string of the molecule is CN=CC(=CN)c1cnc2ccc3ccc(CS(=O)[O-])cc3c(=O)c2c1. The zero-order chi connectivity index (χ0) is 18.7. The summed E-state index contributed by atoms with van der Waals surface area (Å²) in [5, 5.41) is 1.60. The van der Waals surface area contributed by atoms with Crippen molar-refractivity contribution in [1.82, 2.24) is 4.98 Å². The zero-order valence-corrected chi connectivity index (χ0v) is 14.8. The van der Waals surface area contributed by atoms with Crippen molar-refractivity contribution in [3.8, 4) is 0 Å². The van der Waals surface area contributed by atoms with Crippen LogP contribution in [0.25, 0.3) is 27.2 Å². The third kappa shape index (κ3) is 3.54. The molecule has 7 heteroatoms. The first kappa shape index (κ1) is 17.9. The number of aromatic nitrogens is 1. The molecule has 0 bridgehead atoms. The van der Waals surface area contributed by atoms with E-state index >= 15 is 0 Å². The highest BCUT2D eigenvalue weighted by Crippen LogP contribution is 2.19. The van der Waals surface area contributed by atoms with E-state index in [0.717, 1.165) is 5.39 Å². The number of fused-ring (bicyclic) bond motifs is 2. The first-order valence-corrected chi connectivity index (χ1v) is 9.04. The lowest BCUT2D eigenvalue weighted by Crippen LogP contribution is -2.02. The number of aliphatic imine (C=N–C) groups is 1. The molecule has 132 valence electrons. The van der Waals surface area contributed by atoms with Crippen LogP contribution in [0.15, 0.2) is 58.6 Å². The molecule has 2 N–H and O–H groups in total. The Morgan fingerprint density at radius 1 is 1.27 bits per heavy atom. The number of pyridine rings is 1. The summed E-state index contributed by atoms with van der Waals surface area (Å²) in [5.74, 6) is -0.136. The smallest absolute Gasteiger partial charge is 0.195 e. The number of hydrogen-bond donors (Lipinski definition) is 1. The lowest BCUT2D eigenvalue weighted by atomic mass is 10.1. The molecule has 0 aliphatic carbocycles. The van der Waals surface area contributed by atoms with Crippen molar-refractivity contribution < 1.29 is 8.76 Å². The van der Waals surface area contributed by atoms with Crippen molar-refractivity contribution in [1.29, 1.82) is 0 Å². The van der Waals surface area contributed by atoms with Crippen molar-refractivity contribution in [2.24, 2.45) is 10.7 Å². The van der Waals surface area contributed by atoms with Crippen LogP contribution in [0.4, 0.5) is 0 Å². The Hall–Kier alpha value is -2.90. The second-order valence-corrected chi connectivity index (χ2v) is 6.59. The van der Waals surface area contributed by atoms with Crippen LogP contribution < -0.4 is 11.2 Å². The van der Waals surface area contributed by atoms with E-state index in [2.05, 4.69) is 9.98 Å². The van der Waals surface area contributed by atoms with Crippen molar-refractivity contribution >= 4 is 44.5 Å². The van der Waals surface area contributed by atoms with Gasteiger partial charge in [-0.1, -0.05) is 29.3 Å². The van der Waals surface area contributed by atoms with Gasteiger partial charge in [0.05, 0.1) is 5.52 Å². The van der Waals surface area contributed by atoms with Gasteiger partial charge in [-0.25, -0.2) is 0 Å². The topological polar surface area (TPSA) is 108 Å². The minimum atomic E-state index is -2.22. The van der Waals surface area contributed by atoms with Gasteiger partial charge in [-0.3, -0.25) is 19.0 Å². The molecule has 2 aromatic carbocycles. The Balaban J connectivity index is 2.32. The molecule has 3 rings (SSSR count). The Morgan fingerprint density at radius 2 is 2.04 bits per heavy atom. The molecule has 0 amide bonds. The summed E-state index contributed by atoms with van der Waals surface area (Å²) in [6, 6.07) is 10.4. The van der Waals surface area contributed by atoms with Crippen LogP contribution in [0.2, 0.25) is 0 Å². The van der Waals surface area contributed by atoms with Crippen LogP contribution >= 0.6 is 0 Å². The average Bonchev–Trinajstić information content (AvgIpc) is 2.76. The standard InChI is InChI=1S/C19H17N3O3S/c1-21-9-15(8-20)14-7-17-18(22-10-14)5-4-13-3-2-12(11-26(24)25)6-16(13)19(17)23/h2-10H,11,20H2,1H3,(H,24,25)/p-1. The van der Waals surface area contributed by atoms with Crippen molar-refractivity contribution in [2.75, 3.05) is 7.05 Å². The number of hydrogen-bond acceptors (Lipinski definition) is 6. The summed E-state index contributed by atoms with van der Waals surface area (Å²) in [5.41, 5.74) is 7.87. The molecule has 0 aliphatic rings. The molecule has 0 aliphatic heterocycles. The number of rotatable bonds is 4. The van der Waals surface area contributed by atoms with E-state index in [9.17, 15) is 13.6 Å². The highest BCUT2D eigenvalue weighted by molar-refractivity contribution is 7.78. The van der Waals surface area contributed by atoms with E-state index in [0.29, 0.717) is 33.0 Å². The quantitative estimate of drug-likeness (QED) is 0.562. The van der Waals surface area contributed by atoms with E-state index in [1.807, 2.05) is 0 Å². The Kier molecular flexibility index (Phi) is 5.20. The largest absolute Gasteiger partial charge is 0.772 e. The number of benzene rings is 1. The summed E-state index contributed by atoms with van der Waals surface area (Å²) in [6.45, 7) is 0. The molecule has 3 aromatic rings. The third-order valence-corrected chi connectivity index (χ3v) is 4.58. The van der Waals surface area contributed by atoms with Gasteiger partial charge in [0.1, 0.15) is 0 Å². The van der Waals surface area contributed by atoms with E-state index in [-0.39, 0.29) is 11.2 Å². The molecule has 0 radical (unpaired) electrons. The number of nitrogens with two attached hydrogens (primary N) is 1. The summed E-state index contributed by atoms with van der Waals surface area (Å²) >= 11 is -2.22. The lowest BCUT2D eigenvalue weighted by Gasteiger charge is -2.05. The molecule has 0 saturated carbocycles. The molecule has 1 aromatic heterocycles. The molecule has 0 spiro atoms. The summed E-state index contributed by atoms with van der Waals surface area (Å²) in [4.78, 5) is 21.4. The lowest BCUT2D eigenvalue weighted by molar-refractivity contribution is 0.536. The molecule has 0 saturated heterocycles. The highest BCUT2D eigenvalue weighted by atomic mass is 32.2. The van der Waals surface area contributed by atoms with Crippen molar-refractivity contribution in [3.63, 3.8) is 0 Å². The Labute approximate surface area is 152 Å². The molecule has 1 unspecified atom stereocenters. The maximum absolute atomic E-state index is 13.1. The molecule has 1 atom stereocenters. The molecule has 6 nitrogen and oxygen atoms in total. The minimum absolute atomic E-state index is 0.136. The van der Waals surface area contributed by atoms with E-state index < -0.39 is 11.1 Å². The van der Waals surface area contributed by atoms with Gasteiger partial charge >= 0.3 is 0 Å². The molecule has 26 heavy (non-hydrogen) atoms. The van der Waals surface area contributed by atoms with Crippen LogP contribution in [0, 0.1) is 0 Å². The Morgan fingerprint density at radius 3 is 2.73 bits per heavy atom. The van der Waals surface area contributed by atoms with E-state index in [4.69, 9.17) is 5.73 Å². The van der Waals surface area contributed by atoms with Crippen LogP contribution in [0.1, 0.15) is 11.1 Å². The minimum Gasteiger partial charge on any atom is -0.772 e. The highest BCUT2D eigenvalue weighted by Gasteiger charge is 2.07. The first-order chi connectivity index (χ1) is 12.5. The van der Waals surface area contributed by atoms with Crippen LogP contribution in [-0.2, 0) is 16.8 Å². The van der Waals surface area contributed by atoms with Gasteiger partial charge in [0.2, 0.25) is 0 Å². The van der Waals surface area contributed by atoms with Crippen LogP contribution in [0.3, 0.4) is 0 Å². The summed E-state index contributed by atoms with van der Waals surface area (Å²) < 4.78 is 21.9. The van der Waals surface area contributed by atoms with Crippen molar-refractivity contribution in [3.05, 3.63) is 70.1 Å². The predicted octanol–water partition coefficient (Wildman–Crippen LogP) is 2.13. The maximum Gasteiger partial charge on any atom is 0.195 e. The van der Waals surface area contributed by atoms with Gasteiger partial charge in [0, 0.05) is 53.3 Å². The van der Waals surface area contributed by atoms with E-state index in [1.54, 1.807) is 55.9 Å². The normalized spacial score (nSPS) is 13.5. The fourth-order valence-electron chi connectivity index (χ4n) is 2.79. The van der Waals surface area contributed by atoms with Gasteiger partial charge in [-0.2, -0.15) is 0 Å². The Bertz CT molecular complexity index is 1140.